The molecule has 1 aliphatic heterocycles. The van der Waals surface area contributed by atoms with E-state index in [1.165, 1.54) is 17.1 Å². The fourth-order valence-electron chi connectivity index (χ4n) is 3.01. The first-order valence-electron chi connectivity index (χ1n) is 7.43. The van der Waals surface area contributed by atoms with Crippen LogP contribution in [0.15, 0.2) is 41.7 Å². The molecule has 1 fully saturated rings. The maximum Gasteiger partial charge on any atom is 0.246 e. The maximum atomic E-state index is 12.8. The van der Waals surface area contributed by atoms with E-state index in [2.05, 4.69) is 23.9 Å². The summed E-state index contributed by atoms with van der Waals surface area (Å²) in [6, 6.07) is 5.43. The van der Waals surface area contributed by atoms with Gasteiger partial charge in [0.15, 0.2) is 5.82 Å². The summed E-state index contributed by atoms with van der Waals surface area (Å²) >= 11 is 0. The van der Waals surface area contributed by atoms with Crippen molar-refractivity contribution >= 4 is 10.0 Å². The summed E-state index contributed by atoms with van der Waals surface area (Å²) in [7, 11) is -3.49. The second kappa shape index (κ2) is 5.81. The molecule has 0 spiro atoms. The molecule has 1 aliphatic rings. The van der Waals surface area contributed by atoms with Crippen molar-refractivity contribution in [2.45, 2.75) is 25.2 Å². The molecule has 22 heavy (non-hydrogen) atoms. The Morgan fingerprint density at radius 3 is 2.55 bits per heavy atom. The highest BCUT2D eigenvalue weighted by Crippen LogP contribution is 2.26. The molecule has 7 heteroatoms. The number of hydrogen-bond acceptors (Lipinski definition) is 4. The van der Waals surface area contributed by atoms with E-state index in [1.807, 2.05) is 6.07 Å². The molecule has 0 amide bonds. The van der Waals surface area contributed by atoms with Crippen LogP contribution in [0, 0.1) is 11.8 Å². The Morgan fingerprint density at radius 2 is 1.91 bits per heavy atom. The average Bonchev–Trinajstić information content (AvgIpc) is 2.98. The molecule has 6 nitrogen and oxygen atoms in total. The van der Waals surface area contributed by atoms with E-state index in [9.17, 15) is 8.42 Å². The lowest BCUT2D eigenvalue weighted by Crippen LogP contribution is -2.42. The van der Waals surface area contributed by atoms with Gasteiger partial charge in [0.2, 0.25) is 10.0 Å². The largest absolute Gasteiger partial charge is 0.246 e. The molecule has 1 saturated heterocycles. The van der Waals surface area contributed by atoms with Crippen LogP contribution in [0.3, 0.4) is 0 Å². The van der Waals surface area contributed by atoms with Crippen LogP contribution in [-0.4, -0.2) is 40.6 Å². The number of piperidine rings is 1. The topological polar surface area (TPSA) is 68.1 Å². The van der Waals surface area contributed by atoms with Crippen LogP contribution in [0.4, 0.5) is 0 Å². The van der Waals surface area contributed by atoms with Gasteiger partial charge in [-0.05, 0) is 30.4 Å². The summed E-state index contributed by atoms with van der Waals surface area (Å²) in [6.07, 6.45) is 5.65. The molecular weight excluding hydrogens is 300 g/mol. The van der Waals surface area contributed by atoms with Crippen molar-refractivity contribution in [3.63, 3.8) is 0 Å². The molecule has 118 valence electrons. The van der Waals surface area contributed by atoms with Gasteiger partial charge < -0.3 is 0 Å². The van der Waals surface area contributed by atoms with Crippen molar-refractivity contribution in [1.29, 1.82) is 0 Å². The molecule has 0 aliphatic carbocycles. The van der Waals surface area contributed by atoms with E-state index in [-0.39, 0.29) is 4.90 Å². The summed E-state index contributed by atoms with van der Waals surface area (Å²) in [4.78, 5) is 4.39. The van der Waals surface area contributed by atoms with Gasteiger partial charge in [-0.3, -0.25) is 0 Å². The number of pyridine rings is 1. The molecular formula is C15H20N4O2S. The second-order valence-corrected chi connectivity index (χ2v) is 8.01. The minimum Gasteiger partial charge on any atom is -0.237 e. The van der Waals surface area contributed by atoms with E-state index in [0.29, 0.717) is 30.7 Å². The number of hydrogen-bond donors (Lipinski definition) is 0. The standard InChI is InChI=1S/C15H20N4O2S/c1-12-7-13(2)10-18(9-12)22(20,21)14-8-17-19(11-14)15-5-3-4-6-16-15/h3-6,8,11-13H,7,9-10H2,1-2H3/t12-,13-/m1/s1. The van der Waals surface area contributed by atoms with Crippen molar-refractivity contribution in [1.82, 2.24) is 19.1 Å². The Balaban J connectivity index is 1.89. The maximum absolute atomic E-state index is 12.8. The summed E-state index contributed by atoms with van der Waals surface area (Å²) in [5.74, 6) is 1.36. The predicted molar refractivity (Wildman–Crippen MR) is 83.1 cm³/mol. The molecule has 2 aromatic heterocycles. The van der Waals surface area contributed by atoms with Gasteiger partial charge in [0.05, 0.1) is 12.4 Å². The van der Waals surface area contributed by atoms with Gasteiger partial charge in [-0.2, -0.15) is 9.40 Å². The van der Waals surface area contributed by atoms with Gasteiger partial charge in [-0.25, -0.2) is 18.1 Å². The Labute approximate surface area is 130 Å². The molecule has 0 bridgehead atoms. The second-order valence-electron chi connectivity index (χ2n) is 6.08. The smallest absolute Gasteiger partial charge is 0.237 e. The lowest BCUT2D eigenvalue weighted by atomic mass is 9.94. The highest BCUT2D eigenvalue weighted by Gasteiger charge is 2.32. The molecule has 0 N–H and O–H groups in total. The fourth-order valence-corrected chi connectivity index (χ4v) is 4.62. The number of rotatable bonds is 3. The van der Waals surface area contributed by atoms with Gasteiger partial charge >= 0.3 is 0 Å². The van der Waals surface area contributed by atoms with E-state index < -0.39 is 10.0 Å². The van der Waals surface area contributed by atoms with Crippen molar-refractivity contribution in [2.24, 2.45) is 11.8 Å². The molecule has 0 unspecified atom stereocenters. The third-order valence-corrected chi connectivity index (χ3v) is 5.70. The molecule has 0 radical (unpaired) electrons. The Hall–Kier alpha value is -1.73. The van der Waals surface area contributed by atoms with E-state index in [4.69, 9.17) is 0 Å². The van der Waals surface area contributed by atoms with E-state index in [1.54, 1.807) is 22.6 Å². The highest BCUT2D eigenvalue weighted by atomic mass is 32.2. The van der Waals surface area contributed by atoms with Gasteiger partial charge in [0, 0.05) is 19.3 Å². The number of aromatic nitrogens is 3. The number of sulfonamides is 1. The van der Waals surface area contributed by atoms with Crippen LogP contribution >= 0.6 is 0 Å². The van der Waals surface area contributed by atoms with Crippen LogP contribution < -0.4 is 0 Å². The highest BCUT2D eigenvalue weighted by molar-refractivity contribution is 7.89. The van der Waals surface area contributed by atoms with Gasteiger partial charge in [0.1, 0.15) is 4.90 Å². The number of nitrogens with zero attached hydrogens (tertiary/aromatic N) is 4. The summed E-state index contributed by atoms with van der Waals surface area (Å²) in [6.45, 7) is 5.33. The zero-order valence-corrected chi connectivity index (χ0v) is 13.6. The molecule has 3 heterocycles. The molecule has 0 aromatic carbocycles. The Kier molecular flexibility index (Phi) is 4.01. The molecule has 3 rings (SSSR count). The minimum absolute atomic E-state index is 0.222. The monoisotopic (exact) mass is 320 g/mol. The third kappa shape index (κ3) is 2.91. The Bertz CT molecular complexity index is 732. The SMILES string of the molecule is C[C@@H]1C[C@@H](C)CN(S(=O)(=O)c2cnn(-c3ccccn3)c2)C1. The lowest BCUT2D eigenvalue weighted by molar-refractivity contribution is 0.222. The van der Waals surface area contributed by atoms with Crippen LogP contribution in [0.1, 0.15) is 20.3 Å². The minimum atomic E-state index is -3.49. The third-order valence-electron chi connectivity index (χ3n) is 3.92. The zero-order chi connectivity index (χ0) is 15.7. The van der Waals surface area contributed by atoms with Gasteiger partial charge in [-0.1, -0.05) is 19.9 Å². The van der Waals surface area contributed by atoms with Gasteiger partial charge in [0.25, 0.3) is 0 Å². The summed E-state index contributed by atoms with van der Waals surface area (Å²) < 4.78 is 28.6. The molecule has 0 saturated carbocycles. The van der Waals surface area contributed by atoms with Crippen LogP contribution in [-0.2, 0) is 10.0 Å². The van der Waals surface area contributed by atoms with Crippen molar-refractivity contribution < 1.29 is 8.42 Å². The zero-order valence-electron chi connectivity index (χ0n) is 12.8. The quantitative estimate of drug-likeness (QED) is 0.866. The first-order chi connectivity index (χ1) is 10.5. The molecule has 2 atom stereocenters. The first kappa shape index (κ1) is 15.2. The van der Waals surface area contributed by atoms with E-state index >= 15 is 0 Å². The average molecular weight is 320 g/mol. The van der Waals surface area contributed by atoms with Crippen molar-refractivity contribution in [2.75, 3.05) is 13.1 Å². The first-order valence-corrected chi connectivity index (χ1v) is 8.87. The van der Waals surface area contributed by atoms with Crippen LogP contribution in [0.2, 0.25) is 0 Å². The Morgan fingerprint density at radius 1 is 1.18 bits per heavy atom. The molecule has 2 aromatic rings. The lowest BCUT2D eigenvalue weighted by Gasteiger charge is -2.33. The van der Waals surface area contributed by atoms with Crippen LogP contribution in [0.25, 0.3) is 5.82 Å². The summed E-state index contributed by atoms with van der Waals surface area (Å²) in [5.41, 5.74) is 0. The van der Waals surface area contributed by atoms with E-state index in [0.717, 1.165) is 6.42 Å². The summed E-state index contributed by atoms with van der Waals surface area (Å²) in [5, 5.41) is 4.13. The fraction of sp³-hybridized carbons (Fsp3) is 0.467. The van der Waals surface area contributed by atoms with Crippen LogP contribution in [0.5, 0.6) is 0 Å². The van der Waals surface area contributed by atoms with Crippen molar-refractivity contribution in [3.8, 4) is 5.82 Å². The van der Waals surface area contributed by atoms with Crippen molar-refractivity contribution in [3.05, 3.63) is 36.8 Å². The van der Waals surface area contributed by atoms with Gasteiger partial charge in [-0.15, -0.1) is 0 Å². The normalized spacial score (nSPS) is 23.5. The predicted octanol–water partition coefficient (Wildman–Crippen LogP) is 1.93.